The number of aliphatic hydroxyl groups excluding tert-OH is 1. The number of amides is 1. The minimum absolute atomic E-state index is 0.00814. The first-order chi connectivity index (χ1) is 11.1. The number of carbonyl (C=O) groups is 1. The summed E-state index contributed by atoms with van der Waals surface area (Å²) in [4.78, 5) is 10.9. The van der Waals surface area contributed by atoms with Gasteiger partial charge in [0.25, 0.3) is 0 Å². The van der Waals surface area contributed by atoms with E-state index >= 15 is 0 Å². The Bertz CT molecular complexity index is 802. The summed E-state index contributed by atoms with van der Waals surface area (Å²) in [5, 5.41) is 21.7. The van der Waals surface area contributed by atoms with Crippen LogP contribution >= 0.6 is 11.6 Å². The molecule has 3 N–H and O–H groups in total. The molecule has 5 heteroatoms. The van der Waals surface area contributed by atoms with E-state index in [1.54, 1.807) is 0 Å². The van der Waals surface area contributed by atoms with Gasteiger partial charge in [0, 0.05) is 10.6 Å². The maximum atomic E-state index is 10.9. The van der Waals surface area contributed by atoms with Crippen molar-refractivity contribution in [3.05, 3.63) is 64.6 Å². The fourth-order valence-electron chi connectivity index (χ4n) is 1.54. The molecule has 0 heterocycles. The molecule has 0 aromatic heterocycles. The van der Waals surface area contributed by atoms with Crippen molar-refractivity contribution >= 4 is 23.4 Å². The van der Waals surface area contributed by atoms with Crippen molar-refractivity contribution in [2.24, 2.45) is 0 Å². The second-order valence-corrected chi connectivity index (χ2v) is 4.04. The molecular weight excluding hydrogens is 266 g/mol. The number of benzene rings is 2. The maximum Gasteiger partial charge on any atom is 0.409 e. The Labute approximate surface area is 122 Å². The van der Waals surface area contributed by atoms with Crippen LogP contribution in [-0.2, 0) is 0 Å². The van der Waals surface area contributed by atoms with Gasteiger partial charge in [-0.3, -0.25) is 5.32 Å². The van der Waals surface area contributed by atoms with Crippen LogP contribution in [0.25, 0.3) is 0 Å². The van der Waals surface area contributed by atoms with Gasteiger partial charge in [-0.2, -0.15) is 0 Å². The first-order valence-electron chi connectivity index (χ1n) is 7.69. The molecule has 0 radical (unpaired) electrons. The molecule has 98 valence electrons. The maximum absolute atomic E-state index is 10.9. The molecule has 0 saturated carbocycles. The van der Waals surface area contributed by atoms with E-state index in [-0.39, 0.29) is 21.8 Å². The number of anilines is 1. The molecule has 0 saturated heterocycles. The zero-order valence-corrected chi connectivity index (χ0v) is 10.2. The molecule has 0 bridgehead atoms. The van der Waals surface area contributed by atoms with Crippen molar-refractivity contribution in [2.75, 3.05) is 5.32 Å². The molecule has 2 aromatic rings. The average molecular weight is 283 g/mol. The molecule has 0 aliphatic heterocycles. The van der Waals surface area contributed by atoms with Crippen molar-refractivity contribution in [1.29, 1.82) is 0 Å². The van der Waals surface area contributed by atoms with E-state index in [1.807, 2.05) is 0 Å². The molecule has 2 rings (SSSR count). The van der Waals surface area contributed by atoms with E-state index in [4.69, 9.17) is 23.6 Å². The molecule has 1 atom stereocenters. The third kappa shape index (κ3) is 3.24. The van der Waals surface area contributed by atoms with Gasteiger partial charge >= 0.3 is 6.09 Å². The molecule has 4 nitrogen and oxygen atoms in total. The Kier molecular flexibility index (Phi) is 2.47. The normalized spacial score (nSPS) is 15.6. The van der Waals surface area contributed by atoms with Crippen molar-refractivity contribution in [2.45, 2.75) is 6.10 Å². The van der Waals surface area contributed by atoms with Crippen molar-refractivity contribution in [3.63, 3.8) is 0 Å². The lowest BCUT2D eigenvalue weighted by molar-refractivity contribution is 0.209. The Morgan fingerprint density at radius 2 is 2.00 bits per heavy atom. The topological polar surface area (TPSA) is 69.6 Å². The van der Waals surface area contributed by atoms with E-state index in [0.717, 1.165) is 0 Å². The van der Waals surface area contributed by atoms with Crippen LogP contribution < -0.4 is 5.32 Å². The zero-order valence-electron chi connectivity index (χ0n) is 14.5. The van der Waals surface area contributed by atoms with Crippen LogP contribution in [0.3, 0.4) is 0 Å². The van der Waals surface area contributed by atoms with Gasteiger partial charge in [-0.15, -0.1) is 0 Å². The number of halogens is 1. The molecule has 0 fully saturated rings. The fourth-order valence-corrected chi connectivity index (χ4v) is 1.72. The highest BCUT2D eigenvalue weighted by Crippen LogP contribution is 2.30. The third-order valence-corrected chi connectivity index (χ3v) is 2.58. The monoisotopic (exact) mass is 282 g/mol. The smallest absolute Gasteiger partial charge is 0.409 e. The van der Waals surface area contributed by atoms with Crippen LogP contribution in [0, 0.1) is 0 Å². The summed E-state index contributed by atoms with van der Waals surface area (Å²) in [6.07, 6.45) is -3.05. The standard InChI is InChI=1S/C14H12ClNO3/c15-10-6-7-12(16-14(18)19)11(8-10)13(17)9-4-2-1-3-5-9/h1-8,13,16-17H,(H,18,19)/i1D,2D,3D,4D,5D. The van der Waals surface area contributed by atoms with Crippen LogP contribution in [0.1, 0.15) is 24.1 Å². The number of rotatable bonds is 3. The molecule has 0 spiro atoms. The SMILES string of the molecule is [2H]c1c([2H])c([2H])c(C(O)c2cc(Cl)ccc2NC(=O)O)c([2H])c1[2H]. The minimum Gasteiger partial charge on any atom is -0.465 e. The van der Waals surface area contributed by atoms with E-state index in [1.165, 1.54) is 18.2 Å². The van der Waals surface area contributed by atoms with Crippen LogP contribution in [0.15, 0.2) is 48.4 Å². The zero-order chi connectivity index (χ0) is 18.2. The van der Waals surface area contributed by atoms with Crippen LogP contribution in [0.4, 0.5) is 10.5 Å². The van der Waals surface area contributed by atoms with Gasteiger partial charge in [0.05, 0.1) is 12.5 Å². The van der Waals surface area contributed by atoms with E-state index in [0.29, 0.717) is 0 Å². The first kappa shape index (κ1) is 8.19. The molecule has 0 aliphatic carbocycles. The Balaban J connectivity index is 2.68. The lowest BCUT2D eigenvalue weighted by Gasteiger charge is -2.16. The summed E-state index contributed by atoms with van der Waals surface area (Å²) < 4.78 is 38.6. The molecule has 0 aliphatic rings. The van der Waals surface area contributed by atoms with Crippen LogP contribution in [0.5, 0.6) is 0 Å². The van der Waals surface area contributed by atoms with Gasteiger partial charge in [-0.1, -0.05) is 41.8 Å². The first-order valence-corrected chi connectivity index (χ1v) is 5.57. The average Bonchev–Trinajstić information content (AvgIpc) is 2.52. The second-order valence-electron chi connectivity index (χ2n) is 3.60. The van der Waals surface area contributed by atoms with Crippen LogP contribution in [0.2, 0.25) is 5.02 Å². The lowest BCUT2D eigenvalue weighted by Crippen LogP contribution is -2.11. The van der Waals surface area contributed by atoms with Crippen molar-refractivity contribution in [3.8, 4) is 0 Å². The largest absolute Gasteiger partial charge is 0.465 e. The van der Waals surface area contributed by atoms with E-state index < -0.39 is 42.4 Å². The van der Waals surface area contributed by atoms with Crippen LogP contribution in [-0.4, -0.2) is 16.3 Å². The highest BCUT2D eigenvalue weighted by Gasteiger charge is 2.16. The van der Waals surface area contributed by atoms with Gasteiger partial charge in [-0.25, -0.2) is 4.79 Å². The fraction of sp³-hybridized carbons (Fsp3) is 0.0714. The Morgan fingerprint density at radius 3 is 2.63 bits per heavy atom. The summed E-state index contributed by atoms with van der Waals surface area (Å²) >= 11 is 5.87. The van der Waals surface area contributed by atoms with E-state index in [9.17, 15) is 9.90 Å². The Hall–Kier alpha value is -2.04. The van der Waals surface area contributed by atoms with Gasteiger partial charge in [0.15, 0.2) is 0 Å². The molecule has 1 amide bonds. The highest BCUT2D eigenvalue weighted by atomic mass is 35.5. The van der Waals surface area contributed by atoms with Crippen molar-refractivity contribution < 1.29 is 21.9 Å². The summed E-state index contributed by atoms with van der Waals surface area (Å²) in [6.45, 7) is 0. The quantitative estimate of drug-likeness (QED) is 0.807. The summed E-state index contributed by atoms with van der Waals surface area (Å²) in [6, 6.07) is 1.04. The number of nitrogens with one attached hydrogen (secondary N) is 1. The highest BCUT2D eigenvalue weighted by molar-refractivity contribution is 6.30. The van der Waals surface area contributed by atoms with Crippen molar-refractivity contribution in [1.82, 2.24) is 0 Å². The van der Waals surface area contributed by atoms with E-state index in [2.05, 4.69) is 5.32 Å². The minimum atomic E-state index is -1.67. The molecular formula is C14H12ClNO3. The molecule has 1 unspecified atom stereocenters. The number of hydrogen-bond acceptors (Lipinski definition) is 2. The lowest BCUT2D eigenvalue weighted by atomic mass is 10.00. The van der Waals surface area contributed by atoms with Gasteiger partial charge in [0.2, 0.25) is 0 Å². The third-order valence-electron chi connectivity index (χ3n) is 2.34. The molecule has 19 heavy (non-hydrogen) atoms. The summed E-state index contributed by atoms with van der Waals surface area (Å²) in [7, 11) is 0. The summed E-state index contributed by atoms with van der Waals surface area (Å²) in [5.74, 6) is 0. The van der Waals surface area contributed by atoms with Gasteiger partial charge < -0.3 is 10.2 Å². The molecule has 2 aromatic carbocycles. The summed E-state index contributed by atoms with van der Waals surface area (Å²) in [5.41, 5.74) is -0.397. The number of hydrogen-bond donors (Lipinski definition) is 3. The van der Waals surface area contributed by atoms with Gasteiger partial charge in [0.1, 0.15) is 6.10 Å². The Morgan fingerprint density at radius 1 is 1.32 bits per heavy atom. The second kappa shape index (κ2) is 5.73. The number of carboxylic acid groups (broad SMARTS) is 1. The predicted octanol–water partition coefficient (Wildman–Crippen LogP) is 3.51. The predicted molar refractivity (Wildman–Crippen MR) is 73.6 cm³/mol. The number of aliphatic hydroxyl groups is 1. The van der Waals surface area contributed by atoms with Gasteiger partial charge in [-0.05, 0) is 23.8 Å².